The highest BCUT2D eigenvalue weighted by Crippen LogP contribution is 2.40. The fraction of sp³-hybridized carbons (Fsp3) is 0.591. The minimum atomic E-state index is -0.0777. The van der Waals surface area contributed by atoms with Crippen LogP contribution in [-0.2, 0) is 0 Å². The van der Waals surface area contributed by atoms with Crippen molar-refractivity contribution in [3.8, 4) is 5.69 Å². The summed E-state index contributed by atoms with van der Waals surface area (Å²) in [5.74, 6) is 0.765. The first kappa shape index (κ1) is 20.4. The number of carbonyl (C=O) groups excluding carboxylic acids is 1. The summed E-state index contributed by atoms with van der Waals surface area (Å²) >= 11 is 0. The van der Waals surface area contributed by atoms with Gasteiger partial charge in [0.2, 0.25) is 0 Å². The van der Waals surface area contributed by atoms with E-state index in [0.29, 0.717) is 5.41 Å². The summed E-state index contributed by atoms with van der Waals surface area (Å²) in [4.78, 5) is 16.4. The number of hydrogen-bond donors (Lipinski definition) is 2. The minimum absolute atomic E-state index is 0.0554. The molecule has 1 saturated carbocycles. The molecule has 1 fully saturated rings. The lowest BCUT2D eigenvalue weighted by atomic mass is 9.69. The molecule has 28 heavy (non-hydrogen) atoms. The molecule has 1 aliphatic rings. The Morgan fingerprint density at radius 1 is 1.21 bits per heavy atom. The summed E-state index contributed by atoms with van der Waals surface area (Å²) in [6.07, 6.45) is 8.93. The Bertz CT molecular complexity index is 746. The maximum Gasteiger partial charge on any atom is 0.315 e. The first-order valence-corrected chi connectivity index (χ1v) is 10.4. The number of rotatable bonds is 6. The van der Waals surface area contributed by atoms with Crippen molar-refractivity contribution in [3.63, 3.8) is 0 Å². The predicted molar refractivity (Wildman–Crippen MR) is 111 cm³/mol. The van der Waals surface area contributed by atoms with Crippen LogP contribution in [0.2, 0.25) is 0 Å². The molecular weight excluding hydrogens is 350 g/mol. The van der Waals surface area contributed by atoms with E-state index in [-0.39, 0.29) is 18.1 Å². The molecule has 0 aliphatic heterocycles. The number of aromatic nitrogens is 3. The summed E-state index contributed by atoms with van der Waals surface area (Å²) in [7, 11) is 0. The van der Waals surface area contributed by atoms with Gasteiger partial charge >= 0.3 is 6.03 Å². The summed E-state index contributed by atoms with van der Waals surface area (Å²) in [6.45, 7) is 9.02. The normalized spacial score (nSPS) is 21.1. The highest BCUT2D eigenvalue weighted by Gasteiger charge is 2.32. The number of nitrogens with one attached hydrogen (secondary N) is 2. The lowest BCUT2D eigenvalue weighted by molar-refractivity contribution is 0.138. The third-order valence-corrected chi connectivity index (χ3v) is 6.50. The summed E-state index contributed by atoms with van der Waals surface area (Å²) in [5, 5.41) is 10.4. The van der Waals surface area contributed by atoms with Gasteiger partial charge in [0, 0.05) is 6.04 Å². The van der Waals surface area contributed by atoms with Crippen LogP contribution >= 0.6 is 0 Å². The molecule has 6 heteroatoms. The van der Waals surface area contributed by atoms with Gasteiger partial charge in [0.15, 0.2) is 0 Å². The molecule has 1 unspecified atom stereocenters. The molecule has 2 amide bonds. The lowest BCUT2D eigenvalue weighted by Crippen LogP contribution is -2.45. The standard InChI is InChI=1S/C22H33N5O/c1-5-22(3,4)18-8-10-19(11-9-18)26-21(28)25-16(2)17-6-12-20(13-7-17)27-15-23-14-24-27/h6-7,12-16,18-19H,5,8-11H2,1-4H3,(H2,25,26,28). The number of amides is 2. The van der Waals surface area contributed by atoms with E-state index in [9.17, 15) is 4.79 Å². The second-order valence-corrected chi connectivity index (χ2v) is 8.66. The average Bonchev–Trinajstić information content (AvgIpc) is 3.23. The van der Waals surface area contributed by atoms with Gasteiger partial charge in [-0.25, -0.2) is 14.5 Å². The Hall–Kier alpha value is -2.37. The molecular formula is C22H33N5O. The smallest absolute Gasteiger partial charge is 0.315 e. The summed E-state index contributed by atoms with van der Waals surface area (Å²) in [5.41, 5.74) is 2.41. The van der Waals surface area contributed by atoms with Gasteiger partial charge in [-0.2, -0.15) is 5.10 Å². The van der Waals surface area contributed by atoms with Gasteiger partial charge in [0.05, 0.1) is 11.7 Å². The highest BCUT2D eigenvalue weighted by atomic mass is 16.2. The van der Waals surface area contributed by atoms with Gasteiger partial charge in [-0.15, -0.1) is 0 Å². The zero-order chi connectivity index (χ0) is 20.1. The van der Waals surface area contributed by atoms with Gasteiger partial charge in [-0.1, -0.05) is 39.3 Å². The Balaban J connectivity index is 1.47. The van der Waals surface area contributed by atoms with E-state index in [1.54, 1.807) is 11.0 Å². The topological polar surface area (TPSA) is 71.8 Å². The molecule has 2 aromatic rings. The fourth-order valence-corrected chi connectivity index (χ4v) is 4.07. The van der Waals surface area contributed by atoms with Crippen molar-refractivity contribution in [2.75, 3.05) is 0 Å². The Labute approximate surface area is 168 Å². The molecule has 1 aliphatic carbocycles. The van der Waals surface area contributed by atoms with Crippen LogP contribution in [0.1, 0.15) is 71.4 Å². The van der Waals surface area contributed by atoms with Crippen molar-refractivity contribution < 1.29 is 4.79 Å². The number of nitrogens with zero attached hydrogens (tertiary/aromatic N) is 3. The molecule has 0 saturated heterocycles. The molecule has 6 nitrogen and oxygen atoms in total. The third-order valence-electron chi connectivity index (χ3n) is 6.50. The van der Waals surface area contributed by atoms with Crippen molar-refractivity contribution in [2.24, 2.45) is 11.3 Å². The molecule has 3 rings (SSSR count). The van der Waals surface area contributed by atoms with Gasteiger partial charge in [0.25, 0.3) is 0 Å². The molecule has 1 atom stereocenters. The number of hydrogen-bond acceptors (Lipinski definition) is 3. The maximum atomic E-state index is 12.4. The third kappa shape index (κ3) is 4.91. The van der Waals surface area contributed by atoms with Crippen LogP contribution in [0, 0.1) is 11.3 Å². The summed E-state index contributed by atoms with van der Waals surface area (Å²) in [6, 6.07) is 8.14. The number of urea groups is 1. The van der Waals surface area contributed by atoms with Crippen LogP contribution in [0.5, 0.6) is 0 Å². The van der Waals surface area contributed by atoms with Crippen molar-refractivity contribution in [1.82, 2.24) is 25.4 Å². The molecule has 1 heterocycles. The molecule has 1 aromatic heterocycles. The number of benzene rings is 1. The van der Waals surface area contributed by atoms with E-state index in [1.165, 1.54) is 25.6 Å². The fourth-order valence-electron chi connectivity index (χ4n) is 4.07. The largest absolute Gasteiger partial charge is 0.335 e. The molecule has 1 aromatic carbocycles. The van der Waals surface area contributed by atoms with Gasteiger partial charge in [-0.05, 0) is 61.6 Å². The van der Waals surface area contributed by atoms with Crippen LogP contribution in [0.25, 0.3) is 5.69 Å². The van der Waals surface area contributed by atoms with E-state index in [4.69, 9.17) is 0 Å². The van der Waals surface area contributed by atoms with Crippen molar-refractivity contribution in [3.05, 3.63) is 42.5 Å². The summed E-state index contributed by atoms with van der Waals surface area (Å²) < 4.78 is 1.71. The molecule has 152 valence electrons. The maximum absolute atomic E-state index is 12.4. The van der Waals surface area contributed by atoms with Crippen LogP contribution in [0.4, 0.5) is 4.79 Å². The van der Waals surface area contributed by atoms with Gasteiger partial charge in [-0.3, -0.25) is 0 Å². The quantitative estimate of drug-likeness (QED) is 0.764. The molecule has 0 radical (unpaired) electrons. The predicted octanol–water partition coefficient (Wildman–Crippen LogP) is 4.62. The van der Waals surface area contributed by atoms with Crippen LogP contribution < -0.4 is 10.6 Å². The van der Waals surface area contributed by atoms with E-state index < -0.39 is 0 Å². The zero-order valence-corrected chi connectivity index (χ0v) is 17.5. The van der Waals surface area contributed by atoms with Crippen molar-refractivity contribution >= 4 is 6.03 Å². The van der Waals surface area contributed by atoms with E-state index in [2.05, 4.69) is 41.5 Å². The van der Waals surface area contributed by atoms with Gasteiger partial charge in [0.1, 0.15) is 12.7 Å². The molecule has 2 N–H and O–H groups in total. The Morgan fingerprint density at radius 2 is 1.89 bits per heavy atom. The van der Waals surface area contributed by atoms with Crippen LogP contribution in [-0.4, -0.2) is 26.8 Å². The lowest BCUT2D eigenvalue weighted by Gasteiger charge is -2.39. The highest BCUT2D eigenvalue weighted by molar-refractivity contribution is 5.74. The first-order valence-electron chi connectivity index (χ1n) is 10.4. The van der Waals surface area contributed by atoms with E-state index >= 15 is 0 Å². The average molecular weight is 384 g/mol. The van der Waals surface area contributed by atoms with E-state index in [0.717, 1.165) is 30.0 Å². The van der Waals surface area contributed by atoms with Crippen LogP contribution in [0.3, 0.4) is 0 Å². The first-order chi connectivity index (χ1) is 13.4. The van der Waals surface area contributed by atoms with Crippen LogP contribution in [0.15, 0.2) is 36.9 Å². The monoisotopic (exact) mass is 383 g/mol. The van der Waals surface area contributed by atoms with Gasteiger partial charge < -0.3 is 10.6 Å². The zero-order valence-electron chi connectivity index (χ0n) is 17.5. The Kier molecular flexibility index (Phi) is 6.37. The Morgan fingerprint density at radius 3 is 2.46 bits per heavy atom. The van der Waals surface area contributed by atoms with Crippen molar-refractivity contribution in [1.29, 1.82) is 0 Å². The van der Waals surface area contributed by atoms with Crippen molar-refractivity contribution in [2.45, 2.75) is 71.9 Å². The molecule has 0 bridgehead atoms. The van der Waals surface area contributed by atoms with E-state index in [1.807, 2.05) is 31.2 Å². The minimum Gasteiger partial charge on any atom is -0.335 e. The second kappa shape index (κ2) is 8.76. The molecule has 0 spiro atoms. The SMILES string of the molecule is CCC(C)(C)C1CCC(NC(=O)NC(C)c2ccc(-n3cncn3)cc2)CC1. The second-order valence-electron chi connectivity index (χ2n) is 8.66. The number of carbonyl (C=O) groups is 1.